The van der Waals surface area contributed by atoms with Crippen molar-refractivity contribution in [3.8, 4) is 5.88 Å². The van der Waals surface area contributed by atoms with E-state index in [1.54, 1.807) is 0 Å². The number of hydrogen-bond donors (Lipinski definition) is 0. The van der Waals surface area contributed by atoms with E-state index in [2.05, 4.69) is 9.97 Å². The van der Waals surface area contributed by atoms with Gasteiger partial charge in [-0.3, -0.25) is 4.98 Å². The molecule has 1 heterocycles. The predicted molar refractivity (Wildman–Crippen MR) is 47.1 cm³/mol. The van der Waals surface area contributed by atoms with Crippen molar-refractivity contribution >= 4 is 19.7 Å². The summed E-state index contributed by atoms with van der Waals surface area (Å²) in [6, 6.07) is 0. The molecule has 0 aromatic carbocycles. The molecular weight excluding hydrogens is 216 g/mol. The van der Waals surface area contributed by atoms with Crippen LogP contribution in [0, 0.1) is 0 Å². The molecule has 13 heavy (non-hydrogen) atoms. The van der Waals surface area contributed by atoms with Gasteiger partial charge in [0, 0.05) is 10.7 Å². The van der Waals surface area contributed by atoms with Crippen molar-refractivity contribution in [3.05, 3.63) is 18.1 Å². The van der Waals surface area contributed by atoms with Gasteiger partial charge in [0.1, 0.15) is 5.75 Å². The van der Waals surface area contributed by atoms with Gasteiger partial charge >= 0.3 is 0 Å². The molecule has 0 aliphatic carbocycles. The molecule has 1 aromatic heterocycles. The summed E-state index contributed by atoms with van der Waals surface area (Å²) in [5, 5.41) is 0. The van der Waals surface area contributed by atoms with Gasteiger partial charge in [0.25, 0.3) is 0 Å². The number of ether oxygens (including phenoxy) is 1. The third-order valence-electron chi connectivity index (χ3n) is 1.21. The lowest BCUT2D eigenvalue weighted by molar-refractivity contribution is 0.395. The van der Waals surface area contributed by atoms with E-state index in [0.717, 1.165) is 0 Å². The molecule has 7 heteroatoms. The first-order valence-corrected chi connectivity index (χ1v) is 5.76. The van der Waals surface area contributed by atoms with Gasteiger partial charge in [0.05, 0.1) is 25.2 Å². The van der Waals surface area contributed by atoms with E-state index in [-0.39, 0.29) is 11.4 Å². The molecule has 0 N–H and O–H groups in total. The van der Waals surface area contributed by atoms with Gasteiger partial charge in [-0.05, 0) is 0 Å². The molecule has 0 aliphatic heterocycles. The second kappa shape index (κ2) is 3.89. The summed E-state index contributed by atoms with van der Waals surface area (Å²) in [6.07, 6.45) is 2.64. The molecule has 0 fully saturated rings. The van der Waals surface area contributed by atoms with E-state index in [0.29, 0.717) is 5.88 Å². The van der Waals surface area contributed by atoms with Crippen LogP contribution >= 0.6 is 10.7 Å². The highest BCUT2D eigenvalue weighted by molar-refractivity contribution is 8.13. The Kier molecular flexibility index (Phi) is 3.05. The molecule has 0 radical (unpaired) electrons. The van der Waals surface area contributed by atoms with Gasteiger partial charge in [-0.25, -0.2) is 13.4 Å². The van der Waals surface area contributed by atoms with E-state index >= 15 is 0 Å². The Morgan fingerprint density at radius 3 is 2.54 bits per heavy atom. The highest BCUT2D eigenvalue weighted by atomic mass is 35.7. The third-order valence-corrected chi connectivity index (χ3v) is 2.18. The lowest BCUT2D eigenvalue weighted by Crippen LogP contribution is -1.99. The molecule has 0 bridgehead atoms. The molecule has 1 aromatic rings. The molecule has 0 aliphatic rings. The van der Waals surface area contributed by atoms with Gasteiger partial charge in [0.15, 0.2) is 0 Å². The van der Waals surface area contributed by atoms with Crippen molar-refractivity contribution in [1.29, 1.82) is 0 Å². The number of hydrogen-bond acceptors (Lipinski definition) is 5. The van der Waals surface area contributed by atoms with E-state index in [9.17, 15) is 8.42 Å². The fourth-order valence-electron chi connectivity index (χ4n) is 0.700. The first-order valence-electron chi connectivity index (χ1n) is 3.28. The van der Waals surface area contributed by atoms with Crippen LogP contribution in [-0.4, -0.2) is 25.5 Å². The molecule has 0 saturated heterocycles. The maximum absolute atomic E-state index is 10.6. The minimum absolute atomic E-state index is 0.288. The van der Waals surface area contributed by atoms with Crippen LogP contribution in [0.4, 0.5) is 0 Å². The van der Waals surface area contributed by atoms with Crippen molar-refractivity contribution in [2.24, 2.45) is 0 Å². The Hall–Kier alpha value is -0.880. The second-order valence-electron chi connectivity index (χ2n) is 2.23. The Bertz CT molecular complexity index is 375. The van der Waals surface area contributed by atoms with Gasteiger partial charge in [-0.1, -0.05) is 0 Å². The summed E-state index contributed by atoms with van der Waals surface area (Å²) >= 11 is 0. The topological polar surface area (TPSA) is 69.2 Å². The standard InChI is InChI=1S/C6H7ClN2O3S/c1-12-6-3-8-5(2-9-6)4-13(7,10)11/h2-3H,4H2,1H3. The summed E-state index contributed by atoms with van der Waals surface area (Å²) in [4.78, 5) is 7.56. The van der Waals surface area contributed by atoms with E-state index in [1.807, 2.05) is 0 Å². The van der Waals surface area contributed by atoms with E-state index in [4.69, 9.17) is 15.4 Å². The number of aromatic nitrogens is 2. The maximum Gasteiger partial charge on any atom is 0.238 e. The fraction of sp³-hybridized carbons (Fsp3) is 0.333. The fourth-order valence-corrected chi connectivity index (χ4v) is 1.54. The normalized spacial score (nSPS) is 11.2. The SMILES string of the molecule is COc1cnc(CS(=O)(=O)Cl)cn1. The average Bonchev–Trinajstić information content (AvgIpc) is 2.03. The Morgan fingerprint density at radius 2 is 2.15 bits per heavy atom. The van der Waals surface area contributed by atoms with Crippen molar-refractivity contribution < 1.29 is 13.2 Å². The minimum Gasteiger partial charge on any atom is -0.480 e. The molecule has 1 rings (SSSR count). The Labute approximate surface area is 80.1 Å². The van der Waals surface area contributed by atoms with Gasteiger partial charge in [-0.15, -0.1) is 0 Å². The quantitative estimate of drug-likeness (QED) is 0.699. The zero-order valence-corrected chi connectivity index (χ0v) is 8.34. The molecular formula is C6H7ClN2O3S. The summed E-state index contributed by atoms with van der Waals surface area (Å²) in [7, 11) is 2.89. The Morgan fingerprint density at radius 1 is 1.46 bits per heavy atom. The van der Waals surface area contributed by atoms with Gasteiger partial charge in [-0.2, -0.15) is 0 Å². The second-order valence-corrected chi connectivity index (χ2v) is 5.01. The van der Waals surface area contributed by atoms with Crippen LogP contribution in [0.5, 0.6) is 5.88 Å². The monoisotopic (exact) mass is 222 g/mol. The van der Waals surface area contributed by atoms with Crippen molar-refractivity contribution in [2.45, 2.75) is 5.75 Å². The van der Waals surface area contributed by atoms with Crippen molar-refractivity contribution in [2.75, 3.05) is 7.11 Å². The number of halogens is 1. The Balaban J connectivity index is 2.81. The van der Waals surface area contributed by atoms with Gasteiger partial charge in [0.2, 0.25) is 14.9 Å². The number of methoxy groups -OCH3 is 1. The maximum atomic E-state index is 10.6. The van der Waals surface area contributed by atoms with Crippen LogP contribution in [0.15, 0.2) is 12.4 Å². The smallest absolute Gasteiger partial charge is 0.238 e. The van der Waals surface area contributed by atoms with Crippen molar-refractivity contribution in [3.63, 3.8) is 0 Å². The molecule has 0 unspecified atom stereocenters. The largest absolute Gasteiger partial charge is 0.480 e. The molecule has 72 valence electrons. The highest BCUT2D eigenvalue weighted by Gasteiger charge is 2.08. The molecule has 5 nitrogen and oxygen atoms in total. The lowest BCUT2D eigenvalue weighted by Gasteiger charge is -1.98. The summed E-state index contributed by atoms with van der Waals surface area (Å²) in [5.41, 5.74) is 0.288. The highest BCUT2D eigenvalue weighted by Crippen LogP contribution is 2.08. The van der Waals surface area contributed by atoms with E-state index in [1.165, 1.54) is 19.5 Å². The third kappa shape index (κ3) is 3.56. The molecule has 0 spiro atoms. The first-order chi connectivity index (χ1) is 6.01. The molecule has 0 saturated carbocycles. The van der Waals surface area contributed by atoms with Crippen molar-refractivity contribution in [1.82, 2.24) is 9.97 Å². The van der Waals surface area contributed by atoms with Crippen LogP contribution in [0.2, 0.25) is 0 Å². The summed E-state index contributed by atoms with van der Waals surface area (Å²) in [6.45, 7) is 0. The zero-order chi connectivity index (χ0) is 9.90. The summed E-state index contributed by atoms with van der Waals surface area (Å²) in [5.74, 6) is 0.00154. The van der Waals surface area contributed by atoms with Crippen LogP contribution in [-0.2, 0) is 14.8 Å². The summed E-state index contributed by atoms with van der Waals surface area (Å²) < 4.78 is 26.0. The van der Waals surface area contributed by atoms with Crippen LogP contribution in [0.25, 0.3) is 0 Å². The van der Waals surface area contributed by atoms with Crippen LogP contribution < -0.4 is 4.74 Å². The van der Waals surface area contributed by atoms with Crippen LogP contribution in [0.3, 0.4) is 0 Å². The van der Waals surface area contributed by atoms with Gasteiger partial charge < -0.3 is 4.74 Å². The number of rotatable bonds is 3. The van der Waals surface area contributed by atoms with Crippen LogP contribution in [0.1, 0.15) is 5.69 Å². The predicted octanol–water partition coefficient (Wildman–Crippen LogP) is 0.554. The zero-order valence-electron chi connectivity index (χ0n) is 6.77. The molecule has 0 amide bonds. The average molecular weight is 223 g/mol. The molecule has 0 atom stereocenters. The number of nitrogens with zero attached hydrogens (tertiary/aromatic N) is 2. The first kappa shape index (κ1) is 10.2. The minimum atomic E-state index is -3.57. The van der Waals surface area contributed by atoms with E-state index < -0.39 is 9.05 Å². The lowest BCUT2D eigenvalue weighted by atomic mass is 10.5.